The summed E-state index contributed by atoms with van der Waals surface area (Å²) < 4.78 is 36.3. The van der Waals surface area contributed by atoms with E-state index in [0.717, 1.165) is 55.9 Å². The number of morpholine rings is 1. The van der Waals surface area contributed by atoms with Crippen LogP contribution in [0.15, 0.2) is 54.7 Å². The van der Waals surface area contributed by atoms with Crippen molar-refractivity contribution in [2.75, 3.05) is 38.2 Å². The first-order valence-electron chi connectivity index (χ1n) is 10.5. The molecule has 1 aliphatic heterocycles. The summed E-state index contributed by atoms with van der Waals surface area (Å²) in [5, 5.41) is 6.64. The van der Waals surface area contributed by atoms with Crippen molar-refractivity contribution in [1.82, 2.24) is 14.8 Å². The molecule has 1 aromatic heterocycles. The maximum Gasteiger partial charge on any atom is 0.387 e. The summed E-state index contributed by atoms with van der Waals surface area (Å²) in [6, 6.07) is 13.7. The Morgan fingerprint density at radius 1 is 1.06 bits per heavy atom. The molecule has 0 unspecified atom stereocenters. The second-order valence-corrected chi connectivity index (χ2v) is 7.57. The normalized spacial score (nSPS) is 14.6. The monoisotopic (exact) mass is 444 g/mol. The third-order valence-corrected chi connectivity index (χ3v) is 5.39. The van der Waals surface area contributed by atoms with Crippen molar-refractivity contribution in [2.45, 2.75) is 19.7 Å². The molecule has 2 N–H and O–H groups in total. The molecule has 32 heavy (non-hydrogen) atoms. The van der Waals surface area contributed by atoms with Gasteiger partial charge in [-0.3, -0.25) is 4.90 Å². The first-order chi connectivity index (χ1) is 15.6. The third-order valence-electron chi connectivity index (χ3n) is 5.39. The Morgan fingerprint density at radius 3 is 2.59 bits per heavy atom. The molecular weight excluding hydrogens is 418 g/mol. The van der Waals surface area contributed by atoms with Gasteiger partial charge in [0.1, 0.15) is 5.75 Å². The molecule has 9 heteroatoms. The van der Waals surface area contributed by atoms with Crippen LogP contribution in [0.1, 0.15) is 5.56 Å². The highest BCUT2D eigenvalue weighted by Crippen LogP contribution is 2.21. The van der Waals surface area contributed by atoms with E-state index in [9.17, 15) is 13.6 Å². The van der Waals surface area contributed by atoms with E-state index in [1.54, 1.807) is 12.1 Å². The van der Waals surface area contributed by atoms with Crippen LogP contribution in [-0.4, -0.2) is 55.0 Å². The van der Waals surface area contributed by atoms with Crippen LogP contribution in [0.3, 0.4) is 0 Å². The summed E-state index contributed by atoms with van der Waals surface area (Å²) in [4.78, 5) is 14.6. The van der Waals surface area contributed by atoms with E-state index in [0.29, 0.717) is 5.69 Å². The number of carbonyl (C=O) groups is 1. The number of hydrogen-bond acceptors (Lipinski definition) is 4. The molecule has 0 bridgehead atoms. The Hall–Kier alpha value is -3.17. The second-order valence-electron chi connectivity index (χ2n) is 7.57. The van der Waals surface area contributed by atoms with Gasteiger partial charge in [0.25, 0.3) is 0 Å². The minimum absolute atomic E-state index is 0.0818. The molecule has 0 spiro atoms. The average Bonchev–Trinajstić information content (AvgIpc) is 3.20. The minimum atomic E-state index is -2.86. The summed E-state index contributed by atoms with van der Waals surface area (Å²) in [6.45, 7) is 2.81. The fraction of sp³-hybridized carbons (Fsp3) is 0.348. The van der Waals surface area contributed by atoms with Crippen molar-refractivity contribution in [3.63, 3.8) is 0 Å². The van der Waals surface area contributed by atoms with Gasteiger partial charge in [-0.2, -0.15) is 8.78 Å². The predicted molar refractivity (Wildman–Crippen MR) is 118 cm³/mol. The number of alkyl halides is 2. The zero-order valence-electron chi connectivity index (χ0n) is 17.6. The number of amides is 2. The van der Waals surface area contributed by atoms with Crippen molar-refractivity contribution in [3.8, 4) is 5.75 Å². The number of halogens is 2. The largest absolute Gasteiger partial charge is 0.435 e. The molecule has 170 valence electrons. The molecule has 0 saturated carbocycles. The number of nitrogens with zero attached hydrogens (tertiary/aromatic N) is 2. The van der Waals surface area contributed by atoms with Crippen molar-refractivity contribution in [3.05, 3.63) is 60.3 Å². The zero-order chi connectivity index (χ0) is 22.3. The van der Waals surface area contributed by atoms with Gasteiger partial charge >= 0.3 is 12.6 Å². The first-order valence-corrected chi connectivity index (χ1v) is 10.5. The number of urea groups is 1. The lowest BCUT2D eigenvalue weighted by atomic mass is 10.2. The number of carbonyl (C=O) groups excluding carboxylic acids is 1. The van der Waals surface area contributed by atoms with Gasteiger partial charge < -0.3 is 24.7 Å². The molecule has 2 amide bonds. The zero-order valence-corrected chi connectivity index (χ0v) is 17.6. The Kier molecular flexibility index (Phi) is 7.18. The fourth-order valence-corrected chi connectivity index (χ4v) is 3.69. The van der Waals surface area contributed by atoms with Crippen LogP contribution in [0.2, 0.25) is 0 Å². The van der Waals surface area contributed by atoms with Gasteiger partial charge in [0.2, 0.25) is 0 Å². The highest BCUT2D eigenvalue weighted by molar-refractivity contribution is 5.92. The molecule has 0 atom stereocenters. The number of hydrogen-bond donors (Lipinski definition) is 2. The van der Waals surface area contributed by atoms with Crippen LogP contribution in [0, 0.1) is 0 Å². The lowest BCUT2D eigenvalue weighted by molar-refractivity contribution is -0.0498. The summed E-state index contributed by atoms with van der Waals surface area (Å²) in [7, 11) is 0. The summed E-state index contributed by atoms with van der Waals surface area (Å²) >= 11 is 0. The second kappa shape index (κ2) is 10.4. The highest BCUT2D eigenvalue weighted by Gasteiger charge is 2.11. The van der Waals surface area contributed by atoms with Crippen LogP contribution in [0.4, 0.5) is 19.3 Å². The predicted octanol–water partition coefficient (Wildman–Crippen LogP) is 3.90. The number of aromatic nitrogens is 1. The van der Waals surface area contributed by atoms with Gasteiger partial charge in [0.15, 0.2) is 0 Å². The van der Waals surface area contributed by atoms with E-state index in [2.05, 4.69) is 31.0 Å². The van der Waals surface area contributed by atoms with Crippen LogP contribution in [-0.2, 0) is 17.8 Å². The standard InChI is InChI=1S/C23H26F2N4O3/c24-22(25)32-20-4-1-17(2-5-20)16-26-23(30)27-19-3-6-21-18(15-19)7-8-29(21)10-9-28-11-13-31-14-12-28/h1-8,15,22H,9-14,16H2,(H2,26,27,30). The Bertz CT molecular complexity index is 1030. The van der Waals surface area contributed by atoms with Crippen LogP contribution >= 0.6 is 0 Å². The Balaban J connectivity index is 1.28. The van der Waals surface area contributed by atoms with Crippen molar-refractivity contribution in [2.24, 2.45) is 0 Å². The van der Waals surface area contributed by atoms with E-state index in [-0.39, 0.29) is 18.3 Å². The average molecular weight is 444 g/mol. The molecule has 1 aliphatic rings. The summed E-state index contributed by atoms with van der Waals surface area (Å²) in [6.07, 6.45) is 2.07. The topological polar surface area (TPSA) is 67.8 Å². The molecule has 1 saturated heterocycles. The molecule has 1 fully saturated rings. The van der Waals surface area contributed by atoms with Crippen LogP contribution in [0.5, 0.6) is 5.75 Å². The van der Waals surface area contributed by atoms with Gasteiger partial charge in [0, 0.05) is 55.5 Å². The SMILES string of the molecule is O=C(NCc1ccc(OC(F)F)cc1)Nc1ccc2c(ccn2CCN2CCOCC2)c1. The quantitative estimate of drug-likeness (QED) is 0.553. The van der Waals surface area contributed by atoms with Gasteiger partial charge in [-0.15, -0.1) is 0 Å². The van der Waals surface area contributed by atoms with Gasteiger partial charge in [-0.05, 0) is 42.0 Å². The highest BCUT2D eigenvalue weighted by atomic mass is 19.3. The summed E-state index contributed by atoms with van der Waals surface area (Å²) in [5.74, 6) is 0.0818. The lowest BCUT2D eigenvalue weighted by Crippen LogP contribution is -2.38. The smallest absolute Gasteiger partial charge is 0.387 e. The van der Waals surface area contributed by atoms with Crippen LogP contribution in [0.25, 0.3) is 10.9 Å². The summed E-state index contributed by atoms with van der Waals surface area (Å²) in [5.41, 5.74) is 2.59. The van der Waals surface area contributed by atoms with Gasteiger partial charge in [0.05, 0.1) is 13.2 Å². The molecule has 0 radical (unpaired) electrons. The van der Waals surface area contributed by atoms with Crippen molar-refractivity contribution >= 4 is 22.6 Å². The number of nitrogens with one attached hydrogen (secondary N) is 2. The Morgan fingerprint density at radius 2 is 1.84 bits per heavy atom. The lowest BCUT2D eigenvalue weighted by Gasteiger charge is -2.26. The molecule has 4 rings (SSSR count). The first kappa shape index (κ1) is 22.0. The van der Waals surface area contributed by atoms with Gasteiger partial charge in [-0.25, -0.2) is 4.79 Å². The number of rotatable bonds is 8. The fourth-order valence-electron chi connectivity index (χ4n) is 3.69. The Labute approximate surface area is 184 Å². The van der Waals surface area contributed by atoms with E-state index in [1.165, 1.54) is 12.1 Å². The molecule has 2 heterocycles. The van der Waals surface area contributed by atoms with Crippen molar-refractivity contribution in [1.29, 1.82) is 0 Å². The molecule has 0 aliphatic carbocycles. The third kappa shape index (κ3) is 5.95. The van der Waals surface area contributed by atoms with E-state index in [4.69, 9.17) is 4.74 Å². The maximum absolute atomic E-state index is 12.3. The maximum atomic E-state index is 12.3. The molecule has 3 aromatic rings. The van der Waals surface area contributed by atoms with E-state index >= 15 is 0 Å². The molecule has 2 aromatic carbocycles. The number of ether oxygens (including phenoxy) is 2. The molecule has 7 nitrogen and oxygen atoms in total. The van der Waals surface area contributed by atoms with E-state index in [1.807, 2.05) is 24.3 Å². The number of fused-ring (bicyclic) bond motifs is 1. The minimum Gasteiger partial charge on any atom is -0.435 e. The van der Waals surface area contributed by atoms with E-state index < -0.39 is 6.61 Å². The molecular formula is C23H26F2N4O3. The van der Waals surface area contributed by atoms with Crippen LogP contribution < -0.4 is 15.4 Å². The van der Waals surface area contributed by atoms with Gasteiger partial charge in [-0.1, -0.05) is 12.1 Å². The number of anilines is 1. The number of benzene rings is 2. The van der Waals surface area contributed by atoms with Crippen molar-refractivity contribution < 1.29 is 23.0 Å².